The van der Waals surface area contributed by atoms with Crippen LogP contribution in [0.3, 0.4) is 0 Å². The fourth-order valence-electron chi connectivity index (χ4n) is 1.83. The van der Waals surface area contributed by atoms with Crippen molar-refractivity contribution in [2.75, 3.05) is 7.11 Å². The highest BCUT2D eigenvalue weighted by atomic mass is 35.5. The topological polar surface area (TPSA) is 69.2 Å². The van der Waals surface area contributed by atoms with E-state index in [4.69, 9.17) is 11.6 Å². The molecular weight excluding hydrogens is 299 g/mol. The van der Waals surface area contributed by atoms with Gasteiger partial charge in [0.05, 0.1) is 23.9 Å². The van der Waals surface area contributed by atoms with Gasteiger partial charge in [0.2, 0.25) is 0 Å². The van der Waals surface area contributed by atoms with E-state index in [-0.39, 0.29) is 27.5 Å². The highest BCUT2D eigenvalue weighted by Crippen LogP contribution is 2.27. The van der Waals surface area contributed by atoms with Crippen molar-refractivity contribution < 1.29 is 18.7 Å². The summed E-state index contributed by atoms with van der Waals surface area (Å²) < 4.78 is 18.2. The van der Waals surface area contributed by atoms with Gasteiger partial charge in [-0.1, -0.05) is 11.6 Å². The van der Waals surface area contributed by atoms with E-state index in [0.29, 0.717) is 12.1 Å². The SMILES string of the molecule is COC(=O)c1cc(F)cc(-c2nc(C)nc(Cl)c2C=O)c1. The summed E-state index contributed by atoms with van der Waals surface area (Å²) in [7, 11) is 1.19. The number of hydrogen-bond donors (Lipinski definition) is 0. The lowest BCUT2D eigenvalue weighted by Gasteiger charge is -2.08. The molecule has 0 saturated heterocycles. The molecule has 5 nitrogen and oxygen atoms in total. The first-order valence-electron chi connectivity index (χ1n) is 5.85. The Balaban J connectivity index is 2.70. The zero-order valence-electron chi connectivity index (χ0n) is 11.2. The van der Waals surface area contributed by atoms with Gasteiger partial charge < -0.3 is 4.74 Å². The van der Waals surface area contributed by atoms with Crippen molar-refractivity contribution in [3.63, 3.8) is 0 Å². The van der Waals surface area contributed by atoms with Gasteiger partial charge in [0.1, 0.15) is 16.8 Å². The summed E-state index contributed by atoms with van der Waals surface area (Å²) >= 11 is 5.89. The van der Waals surface area contributed by atoms with Crippen LogP contribution in [-0.2, 0) is 4.74 Å². The average Bonchev–Trinajstić information content (AvgIpc) is 2.45. The lowest BCUT2D eigenvalue weighted by atomic mass is 10.0. The average molecular weight is 309 g/mol. The first-order chi connectivity index (χ1) is 9.96. The zero-order valence-corrected chi connectivity index (χ0v) is 11.9. The Bertz CT molecular complexity index is 734. The predicted octanol–water partition coefficient (Wildman–Crippen LogP) is 2.84. The Morgan fingerprint density at radius 2 is 2.05 bits per heavy atom. The number of aldehydes is 1. The van der Waals surface area contributed by atoms with Gasteiger partial charge >= 0.3 is 5.97 Å². The third-order valence-electron chi connectivity index (χ3n) is 2.72. The van der Waals surface area contributed by atoms with Gasteiger partial charge in [-0.05, 0) is 25.1 Å². The molecule has 0 aliphatic heterocycles. The first-order valence-corrected chi connectivity index (χ1v) is 6.22. The molecule has 0 atom stereocenters. The van der Waals surface area contributed by atoms with E-state index in [0.717, 1.165) is 12.1 Å². The molecule has 0 amide bonds. The molecule has 7 heteroatoms. The van der Waals surface area contributed by atoms with Crippen LogP contribution >= 0.6 is 11.6 Å². The number of nitrogens with zero attached hydrogens (tertiary/aromatic N) is 2. The summed E-state index contributed by atoms with van der Waals surface area (Å²) in [5.74, 6) is -1.03. The number of aromatic nitrogens is 2. The van der Waals surface area contributed by atoms with Crippen LogP contribution < -0.4 is 0 Å². The molecular formula is C14H10ClFN2O3. The Morgan fingerprint density at radius 3 is 2.67 bits per heavy atom. The van der Waals surface area contributed by atoms with Gasteiger partial charge in [0, 0.05) is 5.56 Å². The molecule has 0 spiro atoms. The highest BCUT2D eigenvalue weighted by molar-refractivity contribution is 6.32. The summed E-state index contributed by atoms with van der Waals surface area (Å²) in [4.78, 5) is 30.6. The molecule has 0 saturated carbocycles. The summed E-state index contributed by atoms with van der Waals surface area (Å²) in [6.07, 6.45) is 0.486. The van der Waals surface area contributed by atoms with Crippen molar-refractivity contribution in [3.05, 3.63) is 46.1 Å². The molecule has 0 aliphatic carbocycles. The second-order valence-electron chi connectivity index (χ2n) is 4.16. The van der Waals surface area contributed by atoms with Crippen molar-refractivity contribution in [2.24, 2.45) is 0 Å². The van der Waals surface area contributed by atoms with Crippen molar-refractivity contribution in [3.8, 4) is 11.3 Å². The van der Waals surface area contributed by atoms with Crippen LogP contribution in [0.15, 0.2) is 18.2 Å². The Labute approximate surface area is 124 Å². The number of rotatable bonds is 3. The molecule has 0 N–H and O–H groups in total. The van der Waals surface area contributed by atoms with Gasteiger partial charge in [-0.2, -0.15) is 0 Å². The monoisotopic (exact) mass is 308 g/mol. The molecule has 1 aromatic heterocycles. The van der Waals surface area contributed by atoms with Crippen LogP contribution in [-0.4, -0.2) is 29.3 Å². The zero-order chi connectivity index (χ0) is 15.6. The number of hydrogen-bond acceptors (Lipinski definition) is 5. The van der Waals surface area contributed by atoms with Gasteiger partial charge in [-0.3, -0.25) is 4.79 Å². The smallest absolute Gasteiger partial charge is 0.337 e. The van der Waals surface area contributed by atoms with Crippen molar-refractivity contribution in [2.45, 2.75) is 6.92 Å². The molecule has 108 valence electrons. The highest BCUT2D eigenvalue weighted by Gasteiger charge is 2.16. The van der Waals surface area contributed by atoms with Gasteiger partial charge in [0.25, 0.3) is 0 Å². The van der Waals surface area contributed by atoms with Crippen molar-refractivity contribution in [1.29, 1.82) is 0 Å². The molecule has 0 radical (unpaired) electrons. The quantitative estimate of drug-likeness (QED) is 0.495. The van der Waals surface area contributed by atoms with Crippen LogP contribution in [0.2, 0.25) is 5.15 Å². The van der Waals surface area contributed by atoms with Crippen LogP contribution in [0.1, 0.15) is 26.5 Å². The third kappa shape index (κ3) is 3.05. The molecule has 1 aromatic carbocycles. The Hall–Kier alpha value is -2.34. The maximum atomic E-state index is 13.7. The van der Waals surface area contributed by atoms with E-state index < -0.39 is 11.8 Å². The lowest BCUT2D eigenvalue weighted by molar-refractivity contribution is 0.0600. The molecule has 21 heavy (non-hydrogen) atoms. The fourth-order valence-corrected chi connectivity index (χ4v) is 2.09. The lowest BCUT2D eigenvalue weighted by Crippen LogP contribution is -2.04. The summed E-state index contributed by atoms with van der Waals surface area (Å²) in [6, 6.07) is 3.56. The van der Waals surface area contributed by atoms with E-state index in [1.54, 1.807) is 6.92 Å². The third-order valence-corrected chi connectivity index (χ3v) is 3.01. The van der Waals surface area contributed by atoms with E-state index in [1.165, 1.54) is 13.2 Å². The predicted molar refractivity (Wildman–Crippen MR) is 73.9 cm³/mol. The number of carbonyl (C=O) groups excluding carboxylic acids is 2. The molecule has 1 heterocycles. The normalized spacial score (nSPS) is 10.3. The number of halogens is 2. The van der Waals surface area contributed by atoms with Crippen molar-refractivity contribution in [1.82, 2.24) is 9.97 Å². The van der Waals surface area contributed by atoms with Gasteiger partial charge in [-0.15, -0.1) is 0 Å². The number of esters is 1. The molecule has 2 aromatic rings. The summed E-state index contributed by atoms with van der Waals surface area (Å²) in [5, 5.41) is -0.0311. The maximum absolute atomic E-state index is 13.7. The minimum absolute atomic E-state index is 0.0109. The largest absolute Gasteiger partial charge is 0.465 e. The van der Waals surface area contributed by atoms with Gasteiger partial charge in [0.15, 0.2) is 6.29 Å². The minimum Gasteiger partial charge on any atom is -0.465 e. The molecule has 0 aliphatic rings. The number of aryl methyl sites for hydroxylation is 1. The second-order valence-corrected chi connectivity index (χ2v) is 4.52. The van der Waals surface area contributed by atoms with Crippen LogP contribution in [0.5, 0.6) is 0 Å². The molecule has 0 bridgehead atoms. The van der Waals surface area contributed by atoms with Crippen molar-refractivity contribution >= 4 is 23.9 Å². The van der Waals surface area contributed by atoms with E-state index >= 15 is 0 Å². The molecule has 0 unspecified atom stereocenters. The second kappa shape index (κ2) is 5.97. The number of methoxy groups -OCH3 is 1. The number of ether oxygens (including phenoxy) is 1. The van der Waals surface area contributed by atoms with Crippen LogP contribution in [0.4, 0.5) is 4.39 Å². The first kappa shape index (κ1) is 15.1. The standard InChI is InChI=1S/C14H10ClFN2O3/c1-7-17-12(11(6-19)13(15)18-7)8-3-9(14(20)21-2)5-10(16)4-8/h3-6H,1-2H3. The number of carbonyl (C=O) groups is 2. The van der Waals surface area contributed by atoms with E-state index in [9.17, 15) is 14.0 Å². The fraction of sp³-hybridized carbons (Fsp3) is 0.143. The number of benzene rings is 1. The van der Waals surface area contributed by atoms with Crippen LogP contribution in [0, 0.1) is 12.7 Å². The summed E-state index contributed by atoms with van der Waals surface area (Å²) in [5.41, 5.74) is 0.442. The van der Waals surface area contributed by atoms with Gasteiger partial charge in [-0.25, -0.2) is 19.2 Å². The summed E-state index contributed by atoms with van der Waals surface area (Å²) in [6.45, 7) is 1.59. The van der Waals surface area contributed by atoms with E-state index in [1.807, 2.05) is 0 Å². The Kier molecular flexibility index (Phi) is 4.28. The Morgan fingerprint density at radius 1 is 1.33 bits per heavy atom. The maximum Gasteiger partial charge on any atom is 0.337 e. The minimum atomic E-state index is -0.694. The van der Waals surface area contributed by atoms with E-state index in [2.05, 4.69) is 14.7 Å². The molecule has 2 rings (SSSR count). The van der Waals surface area contributed by atoms with Crippen LogP contribution in [0.25, 0.3) is 11.3 Å². The molecule has 0 fully saturated rings.